The van der Waals surface area contributed by atoms with Crippen LogP contribution in [0.25, 0.3) is 0 Å². The summed E-state index contributed by atoms with van der Waals surface area (Å²) in [7, 11) is 0. The van der Waals surface area contributed by atoms with Gasteiger partial charge in [0.1, 0.15) is 12.4 Å². The number of amides is 1. The van der Waals surface area contributed by atoms with Gasteiger partial charge in [0.25, 0.3) is 0 Å². The molecule has 6 heteroatoms. The first-order chi connectivity index (χ1) is 16.5. The molecule has 1 heterocycles. The molecule has 1 unspecified atom stereocenters. The molecule has 34 heavy (non-hydrogen) atoms. The number of benzene rings is 3. The van der Waals surface area contributed by atoms with Gasteiger partial charge in [-0.2, -0.15) is 0 Å². The standard InChI is InChI=1S/C28H31N3O3/c1-21(30-16-18-31(19-17-30)26-12-8-24(9-13-26)22(2)32)28(33)29-25-10-14-27(15-11-25)34-20-23-6-4-3-5-7-23/h3-15,21H,16-20H2,1-2H3,(H,29,33). The van der Waals surface area contributed by atoms with Crippen molar-refractivity contribution >= 4 is 23.1 Å². The summed E-state index contributed by atoms with van der Waals surface area (Å²) in [6, 6.07) is 25.0. The van der Waals surface area contributed by atoms with E-state index in [0.29, 0.717) is 6.61 Å². The van der Waals surface area contributed by atoms with E-state index in [2.05, 4.69) is 15.1 Å². The molecule has 1 amide bonds. The zero-order valence-corrected chi connectivity index (χ0v) is 19.7. The van der Waals surface area contributed by atoms with Gasteiger partial charge in [-0.25, -0.2) is 0 Å². The molecule has 1 atom stereocenters. The van der Waals surface area contributed by atoms with Crippen molar-refractivity contribution < 1.29 is 14.3 Å². The van der Waals surface area contributed by atoms with Gasteiger partial charge in [-0.05, 0) is 67.9 Å². The van der Waals surface area contributed by atoms with E-state index < -0.39 is 0 Å². The third-order valence-electron chi connectivity index (χ3n) is 6.25. The molecule has 0 bridgehead atoms. The lowest BCUT2D eigenvalue weighted by molar-refractivity contribution is -0.120. The van der Waals surface area contributed by atoms with Gasteiger partial charge >= 0.3 is 0 Å². The third kappa shape index (κ3) is 6.02. The third-order valence-corrected chi connectivity index (χ3v) is 6.25. The highest BCUT2D eigenvalue weighted by molar-refractivity contribution is 5.95. The van der Waals surface area contributed by atoms with E-state index >= 15 is 0 Å². The fourth-order valence-corrected chi connectivity index (χ4v) is 4.06. The summed E-state index contributed by atoms with van der Waals surface area (Å²) in [5.74, 6) is 0.824. The number of hydrogen-bond acceptors (Lipinski definition) is 5. The number of nitrogens with zero attached hydrogens (tertiary/aromatic N) is 2. The van der Waals surface area contributed by atoms with Gasteiger partial charge < -0.3 is 15.0 Å². The lowest BCUT2D eigenvalue weighted by Gasteiger charge is -2.38. The minimum absolute atomic E-state index is 0.0165. The SMILES string of the molecule is CC(=O)c1ccc(N2CCN(C(C)C(=O)Nc3ccc(OCc4ccccc4)cc3)CC2)cc1. The second-order valence-electron chi connectivity index (χ2n) is 8.59. The van der Waals surface area contributed by atoms with Crippen molar-refractivity contribution in [2.75, 3.05) is 36.4 Å². The number of ketones is 1. The van der Waals surface area contributed by atoms with Gasteiger partial charge in [0, 0.05) is 43.1 Å². The summed E-state index contributed by atoms with van der Waals surface area (Å²) < 4.78 is 5.82. The Hall–Kier alpha value is -3.64. The number of carbonyl (C=O) groups is 2. The van der Waals surface area contributed by atoms with Crippen molar-refractivity contribution in [2.24, 2.45) is 0 Å². The zero-order chi connectivity index (χ0) is 23.9. The van der Waals surface area contributed by atoms with Gasteiger partial charge in [0.05, 0.1) is 6.04 Å². The molecular weight excluding hydrogens is 426 g/mol. The van der Waals surface area contributed by atoms with Crippen LogP contribution in [0.3, 0.4) is 0 Å². The first-order valence-corrected chi connectivity index (χ1v) is 11.7. The number of hydrogen-bond donors (Lipinski definition) is 1. The van der Waals surface area contributed by atoms with Crippen LogP contribution in [0.5, 0.6) is 5.75 Å². The van der Waals surface area contributed by atoms with E-state index in [1.165, 1.54) is 0 Å². The summed E-state index contributed by atoms with van der Waals surface area (Å²) in [5.41, 5.74) is 3.70. The highest BCUT2D eigenvalue weighted by atomic mass is 16.5. The molecule has 0 spiro atoms. The molecule has 6 nitrogen and oxygen atoms in total. The number of nitrogens with one attached hydrogen (secondary N) is 1. The van der Waals surface area contributed by atoms with E-state index in [4.69, 9.17) is 4.74 Å². The van der Waals surface area contributed by atoms with Crippen LogP contribution in [0, 0.1) is 0 Å². The van der Waals surface area contributed by atoms with E-state index in [1.807, 2.05) is 85.8 Å². The van der Waals surface area contributed by atoms with E-state index in [0.717, 1.165) is 54.4 Å². The van der Waals surface area contributed by atoms with Crippen LogP contribution >= 0.6 is 0 Å². The van der Waals surface area contributed by atoms with Crippen molar-refractivity contribution in [1.82, 2.24) is 4.90 Å². The molecule has 4 rings (SSSR count). The molecule has 0 radical (unpaired) electrons. The van der Waals surface area contributed by atoms with Crippen molar-refractivity contribution in [3.8, 4) is 5.75 Å². The van der Waals surface area contributed by atoms with E-state index in [1.54, 1.807) is 6.92 Å². The molecule has 176 valence electrons. The van der Waals surface area contributed by atoms with Crippen molar-refractivity contribution in [3.05, 3.63) is 90.0 Å². The fourth-order valence-electron chi connectivity index (χ4n) is 4.06. The lowest BCUT2D eigenvalue weighted by Crippen LogP contribution is -2.52. The molecule has 3 aromatic carbocycles. The number of carbonyl (C=O) groups excluding carboxylic acids is 2. The van der Waals surface area contributed by atoms with E-state index in [-0.39, 0.29) is 17.7 Å². The molecule has 0 aliphatic carbocycles. The predicted molar refractivity (Wildman–Crippen MR) is 136 cm³/mol. The average molecular weight is 458 g/mol. The van der Waals surface area contributed by atoms with Gasteiger partial charge in [-0.1, -0.05) is 30.3 Å². The largest absolute Gasteiger partial charge is 0.489 e. The maximum absolute atomic E-state index is 12.8. The number of rotatable bonds is 8. The molecule has 1 saturated heterocycles. The second kappa shape index (κ2) is 11.0. The summed E-state index contributed by atoms with van der Waals surface area (Å²) in [6.07, 6.45) is 0. The highest BCUT2D eigenvalue weighted by Crippen LogP contribution is 2.20. The summed E-state index contributed by atoms with van der Waals surface area (Å²) in [4.78, 5) is 28.8. The van der Waals surface area contributed by atoms with Crippen molar-refractivity contribution in [1.29, 1.82) is 0 Å². The van der Waals surface area contributed by atoms with Gasteiger partial charge in [0.15, 0.2) is 5.78 Å². The minimum Gasteiger partial charge on any atom is -0.489 e. The Balaban J connectivity index is 1.24. The van der Waals surface area contributed by atoms with Crippen LogP contribution in [-0.2, 0) is 11.4 Å². The Morgan fingerprint density at radius 1 is 0.882 bits per heavy atom. The number of piperazine rings is 1. The molecule has 0 aromatic heterocycles. The zero-order valence-electron chi connectivity index (χ0n) is 19.7. The Bertz CT molecular complexity index is 1090. The molecular formula is C28H31N3O3. The summed E-state index contributed by atoms with van der Waals surface area (Å²) >= 11 is 0. The first-order valence-electron chi connectivity index (χ1n) is 11.7. The van der Waals surface area contributed by atoms with Gasteiger partial charge in [-0.3, -0.25) is 14.5 Å². The molecule has 1 aliphatic heterocycles. The fraction of sp³-hybridized carbons (Fsp3) is 0.286. The Morgan fingerprint density at radius 2 is 1.53 bits per heavy atom. The quantitative estimate of drug-likeness (QED) is 0.500. The molecule has 0 saturated carbocycles. The molecule has 1 aliphatic rings. The molecule has 3 aromatic rings. The Morgan fingerprint density at radius 3 is 2.15 bits per heavy atom. The van der Waals surface area contributed by atoms with Crippen LogP contribution in [-0.4, -0.2) is 48.8 Å². The predicted octanol–water partition coefficient (Wildman–Crippen LogP) is 4.62. The number of ether oxygens (including phenoxy) is 1. The summed E-state index contributed by atoms with van der Waals surface area (Å²) in [6.45, 7) is 7.31. The number of anilines is 2. The van der Waals surface area contributed by atoms with Crippen LogP contribution < -0.4 is 15.0 Å². The molecule has 1 N–H and O–H groups in total. The maximum atomic E-state index is 12.8. The Kier molecular flexibility index (Phi) is 7.60. The number of Topliss-reactive ketones (excluding diaryl/α,β-unsaturated/α-hetero) is 1. The van der Waals surface area contributed by atoms with Crippen LogP contribution in [0.15, 0.2) is 78.9 Å². The highest BCUT2D eigenvalue weighted by Gasteiger charge is 2.25. The van der Waals surface area contributed by atoms with Crippen LogP contribution in [0.4, 0.5) is 11.4 Å². The molecule has 1 fully saturated rings. The van der Waals surface area contributed by atoms with Crippen molar-refractivity contribution in [2.45, 2.75) is 26.5 Å². The van der Waals surface area contributed by atoms with Crippen molar-refractivity contribution in [3.63, 3.8) is 0 Å². The monoisotopic (exact) mass is 457 g/mol. The second-order valence-corrected chi connectivity index (χ2v) is 8.59. The first kappa shape index (κ1) is 23.5. The summed E-state index contributed by atoms with van der Waals surface area (Å²) in [5, 5.41) is 3.02. The normalized spacial score (nSPS) is 14.9. The Labute approximate surface area is 201 Å². The van der Waals surface area contributed by atoms with Gasteiger partial charge in [0.2, 0.25) is 5.91 Å². The smallest absolute Gasteiger partial charge is 0.241 e. The van der Waals surface area contributed by atoms with Crippen LogP contribution in [0.1, 0.15) is 29.8 Å². The average Bonchev–Trinajstić information content (AvgIpc) is 2.88. The van der Waals surface area contributed by atoms with E-state index in [9.17, 15) is 9.59 Å². The lowest BCUT2D eigenvalue weighted by atomic mass is 10.1. The topological polar surface area (TPSA) is 61.9 Å². The van der Waals surface area contributed by atoms with Crippen LogP contribution in [0.2, 0.25) is 0 Å². The minimum atomic E-state index is -0.226. The van der Waals surface area contributed by atoms with Gasteiger partial charge in [-0.15, -0.1) is 0 Å². The maximum Gasteiger partial charge on any atom is 0.241 e.